The van der Waals surface area contributed by atoms with Gasteiger partial charge in [0.2, 0.25) is 0 Å². The van der Waals surface area contributed by atoms with Crippen molar-refractivity contribution in [3.05, 3.63) is 83.2 Å². The number of benzene rings is 2. The molecule has 1 N–H and O–H groups in total. The van der Waals surface area contributed by atoms with Gasteiger partial charge in [-0.25, -0.2) is 0 Å². The van der Waals surface area contributed by atoms with Gasteiger partial charge in [0.25, 0.3) is 0 Å². The number of carboxylic acid groups (broad SMARTS) is 1. The van der Waals surface area contributed by atoms with Crippen molar-refractivity contribution in [1.29, 1.82) is 0 Å². The van der Waals surface area contributed by atoms with Crippen LogP contribution in [0.15, 0.2) is 61.0 Å². The van der Waals surface area contributed by atoms with Crippen LogP contribution in [0.4, 0.5) is 13.2 Å². The van der Waals surface area contributed by atoms with Crippen molar-refractivity contribution in [2.75, 3.05) is 13.2 Å². The van der Waals surface area contributed by atoms with E-state index in [0.717, 1.165) is 36.6 Å². The lowest BCUT2D eigenvalue weighted by molar-refractivity contribution is -0.142. The first-order valence-electron chi connectivity index (χ1n) is 13.4. The summed E-state index contributed by atoms with van der Waals surface area (Å²) in [6.07, 6.45) is 3.30. The molecule has 0 aliphatic carbocycles. The molecular formula is C32H36F3NO3. The fraction of sp³-hybridized carbons (Fsp3) is 0.406. The van der Waals surface area contributed by atoms with Crippen LogP contribution in [-0.2, 0) is 17.4 Å². The van der Waals surface area contributed by atoms with E-state index < -0.39 is 29.0 Å². The molecule has 7 heteroatoms. The number of hydrogen-bond donors (Lipinski definition) is 1. The highest BCUT2D eigenvalue weighted by atomic mass is 19.4. The molecule has 0 fully saturated rings. The van der Waals surface area contributed by atoms with Gasteiger partial charge in [0, 0.05) is 18.4 Å². The Morgan fingerprint density at radius 3 is 2.54 bits per heavy atom. The summed E-state index contributed by atoms with van der Waals surface area (Å²) in [4.78, 5) is 14.7. The van der Waals surface area contributed by atoms with Crippen molar-refractivity contribution in [2.24, 2.45) is 5.41 Å². The second-order valence-electron chi connectivity index (χ2n) is 11.5. The molecule has 0 radical (unpaired) electrons. The normalized spacial score (nSPS) is 16.4. The standard InChI is InChI=1S/C32H36F3NO3/c1-6-15-36-19-23(10-9-20(36)2)24-12-13-26(32(33,34)35)29(25(30(37)38)18-31(3,4)5)28(24)22-11-14-27-21(17-22)8-7-16-39-27/h9-14,17,19,25H,2,6-8,15-16,18H2,1,3-5H3,(H,37,38). The zero-order chi connectivity index (χ0) is 28.5. The number of hydrogen-bond acceptors (Lipinski definition) is 3. The van der Waals surface area contributed by atoms with Gasteiger partial charge in [0.05, 0.1) is 18.1 Å². The Morgan fingerprint density at radius 2 is 1.90 bits per heavy atom. The van der Waals surface area contributed by atoms with Gasteiger partial charge in [-0.2, -0.15) is 13.2 Å². The Hall–Kier alpha value is -3.48. The van der Waals surface area contributed by atoms with E-state index in [1.165, 1.54) is 6.07 Å². The molecule has 1 atom stereocenters. The van der Waals surface area contributed by atoms with Gasteiger partial charge in [-0.1, -0.05) is 52.5 Å². The molecule has 1 unspecified atom stereocenters. The Labute approximate surface area is 228 Å². The maximum Gasteiger partial charge on any atom is 0.416 e. The molecule has 4 rings (SSSR count). The Morgan fingerprint density at radius 1 is 1.15 bits per heavy atom. The summed E-state index contributed by atoms with van der Waals surface area (Å²) in [6.45, 7) is 12.9. The van der Waals surface area contributed by atoms with Crippen LogP contribution in [0.25, 0.3) is 16.7 Å². The van der Waals surface area contributed by atoms with Crippen LogP contribution in [0.1, 0.15) is 75.1 Å². The number of nitrogens with zero attached hydrogens (tertiary/aromatic N) is 1. The van der Waals surface area contributed by atoms with Crippen molar-refractivity contribution >= 4 is 11.5 Å². The number of alkyl halides is 3. The van der Waals surface area contributed by atoms with Gasteiger partial charge in [0.1, 0.15) is 5.75 Å². The van der Waals surface area contributed by atoms with Crippen LogP contribution in [0.3, 0.4) is 0 Å². The van der Waals surface area contributed by atoms with Crippen LogP contribution < -0.4 is 4.74 Å². The molecule has 2 aromatic carbocycles. The lowest BCUT2D eigenvalue weighted by Gasteiger charge is -2.31. The average Bonchev–Trinajstić information content (AvgIpc) is 2.86. The maximum atomic E-state index is 14.6. The van der Waals surface area contributed by atoms with Crippen LogP contribution in [0.5, 0.6) is 5.75 Å². The first-order chi connectivity index (χ1) is 18.3. The minimum Gasteiger partial charge on any atom is -0.493 e. The van der Waals surface area contributed by atoms with E-state index in [9.17, 15) is 23.1 Å². The molecule has 208 valence electrons. The summed E-state index contributed by atoms with van der Waals surface area (Å²) in [7, 11) is 0. The smallest absolute Gasteiger partial charge is 0.416 e. The molecule has 4 nitrogen and oxygen atoms in total. The summed E-state index contributed by atoms with van der Waals surface area (Å²) in [5, 5.41) is 10.4. The zero-order valence-corrected chi connectivity index (χ0v) is 23.0. The predicted octanol–water partition coefficient (Wildman–Crippen LogP) is 8.44. The van der Waals surface area contributed by atoms with E-state index in [0.29, 0.717) is 41.2 Å². The molecule has 0 bridgehead atoms. The van der Waals surface area contributed by atoms with E-state index in [4.69, 9.17) is 4.74 Å². The molecule has 2 heterocycles. The number of halogens is 3. The van der Waals surface area contributed by atoms with Gasteiger partial charge in [0.15, 0.2) is 0 Å². The molecule has 2 aromatic rings. The number of allylic oxidation sites excluding steroid dienone is 3. The second-order valence-corrected chi connectivity index (χ2v) is 11.5. The summed E-state index contributed by atoms with van der Waals surface area (Å²) in [5.41, 5.74) is 2.17. The highest BCUT2D eigenvalue weighted by Gasteiger charge is 2.41. The first-order valence-corrected chi connectivity index (χ1v) is 13.4. The summed E-state index contributed by atoms with van der Waals surface area (Å²) in [6, 6.07) is 7.91. The fourth-order valence-electron chi connectivity index (χ4n) is 5.41. The number of aryl methyl sites for hydroxylation is 1. The third-order valence-electron chi connectivity index (χ3n) is 7.11. The molecule has 39 heavy (non-hydrogen) atoms. The number of carboxylic acids is 1. The zero-order valence-electron chi connectivity index (χ0n) is 23.0. The van der Waals surface area contributed by atoms with Crippen LogP contribution in [0.2, 0.25) is 0 Å². The minimum absolute atomic E-state index is 0.0452. The second kappa shape index (κ2) is 10.9. The van der Waals surface area contributed by atoms with E-state index in [2.05, 4.69) is 6.58 Å². The Bertz CT molecular complexity index is 1330. The third-order valence-corrected chi connectivity index (χ3v) is 7.11. The number of rotatable bonds is 7. The van der Waals surface area contributed by atoms with E-state index in [1.807, 2.05) is 57.0 Å². The average molecular weight is 540 g/mol. The van der Waals surface area contributed by atoms with E-state index in [-0.39, 0.29) is 12.0 Å². The molecule has 0 saturated heterocycles. The topological polar surface area (TPSA) is 49.8 Å². The quantitative estimate of drug-likeness (QED) is 0.384. The highest BCUT2D eigenvalue weighted by molar-refractivity contribution is 5.92. The van der Waals surface area contributed by atoms with Crippen molar-refractivity contribution < 1.29 is 27.8 Å². The highest BCUT2D eigenvalue weighted by Crippen LogP contribution is 2.48. The lowest BCUT2D eigenvalue weighted by Crippen LogP contribution is -2.24. The molecule has 0 aromatic heterocycles. The SMILES string of the molecule is C=C1C=CC(c2ccc(C(F)(F)F)c(C(CC(C)(C)C)C(=O)O)c2-c2ccc3c(c2)CCCO3)=CN1CCC. The van der Waals surface area contributed by atoms with Gasteiger partial charge in [-0.3, -0.25) is 4.79 Å². The minimum atomic E-state index is -4.73. The maximum absolute atomic E-state index is 14.6. The third kappa shape index (κ3) is 6.23. The number of aliphatic carboxylic acids is 1. The van der Waals surface area contributed by atoms with E-state index >= 15 is 0 Å². The van der Waals surface area contributed by atoms with Crippen LogP contribution in [-0.4, -0.2) is 29.1 Å². The summed E-state index contributed by atoms with van der Waals surface area (Å²) in [5.74, 6) is -1.92. The lowest BCUT2D eigenvalue weighted by atomic mass is 9.75. The molecule has 2 aliphatic rings. The van der Waals surface area contributed by atoms with Crippen molar-refractivity contribution in [2.45, 2.75) is 65.5 Å². The van der Waals surface area contributed by atoms with E-state index in [1.54, 1.807) is 12.1 Å². The van der Waals surface area contributed by atoms with Crippen LogP contribution in [0, 0.1) is 5.41 Å². The van der Waals surface area contributed by atoms with Gasteiger partial charge in [-0.15, -0.1) is 0 Å². The fourth-order valence-corrected chi connectivity index (χ4v) is 5.41. The summed E-state index contributed by atoms with van der Waals surface area (Å²) < 4.78 is 49.6. The monoisotopic (exact) mass is 539 g/mol. The first kappa shape index (κ1) is 28.5. The molecular weight excluding hydrogens is 503 g/mol. The van der Waals surface area contributed by atoms with Crippen molar-refractivity contribution in [3.63, 3.8) is 0 Å². The van der Waals surface area contributed by atoms with Crippen molar-refractivity contribution in [3.8, 4) is 16.9 Å². The molecule has 2 aliphatic heterocycles. The molecule has 0 spiro atoms. The summed E-state index contributed by atoms with van der Waals surface area (Å²) >= 11 is 0. The van der Waals surface area contributed by atoms with Gasteiger partial charge >= 0.3 is 12.1 Å². The van der Waals surface area contributed by atoms with Crippen molar-refractivity contribution in [1.82, 2.24) is 4.90 Å². The predicted molar refractivity (Wildman–Crippen MR) is 148 cm³/mol. The van der Waals surface area contributed by atoms with Gasteiger partial charge < -0.3 is 14.7 Å². The number of fused-ring (bicyclic) bond motifs is 1. The Kier molecular flexibility index (Phi) is 8.01. The number of carbonyl (C=O) groups is 1. The largest absolute Gasteiger partial charge is 0.493 e. The molecule has 0 saturated carbocycles. The van der Waals surface area contributed by atoms with Crippen LogP contribution >= 0.6 is 0 Å². The number of ether oxygens (including phenoxy) is 1. The van der Waals surface area contributed by atoms with Gasteiger partial charge in [-0.05, 0) is 88.8 Å². The Balaban J connectivity index is 2.08. The molecule has 0 amide bonds.